The maximum absolute atomic E-state index is 5.90. The van der Waals surface area contributed by atoms with Crippen molar-refractivity contribution in [3.63, 3.8) is 0 Å². The molecular weight excluding hydrogens is 254 g/mol. The summed E-state index contributed by atoms with van der Waals surface area (Å²) in [4.78, 5) is 0. The fraction of sp³-hybridized carbons (Fsp3) is 0.625. The van der Waals surface area contributed by atoms with Crippen LogP contribution in [0.3, 0.4) is 0 Å². The van der Waals surface area contributed by atoms with Crippen molar-refractivity contribution in [3.8, 4) is 5.75 Å². The SMILES string of the molecule is CSC(C)CCNCc1ccc2c(c1)CC(C)(C)O2. The molecule has 1 aromatic rings. The molecule has 1 atom stereocenters. The minimum Gasteiger partial charge on any atom is -0.487 e. The Hall–Kier alpha value is -0.670. The second-order valence-corrected chi connectivity index (χ2v) is 7.27. The zero-order valence-corrected chi connectivity index (χ0v) is 13.3. The van der Waals surface area contributed by atoms with Gasteiger partial charge in [-0.15, -0.1) is 0 Å². The summed E-state index contributed by atoms with van der Waals surface area (Å²) in [6, 6.07) is 6.58. The Kier molecular flexibility index (Phi) is 4.80. The molecule has 1 unspecified atom stereocenters. The van der Waals surface area contributed by atoms with Crippen molar-refractivity contribution in [2.45, 2.75) is 51.0 Å². The first kappa shape index (κ1) is 14.7. The summed E-state index contributed by atoms with van der Waals surface area (Å²) in [5.41, 5.74) is 2.67. The van der Waals surface area contributed by atoms with Gasteiger partial charge >= 0.3 is 0 Å². The summed E-state index contributed by atoms with van der Waals surface area (Å²) < 4.78 is 5.90. The van der Waals surface area contributed by atoms with Crippen LogP contribution in [0.4, 0.5) is 0 Å². The smallest absolute Gasteiger partial charge is 0.123 e. The van der Waals surface area contributed by atoms with Gasteiger partial charge in [-0.25, -0.2) is 0 Å². The molecule has 0 fully saturated rings. The van der Waals surface area contributed by atoms with Crippen LogP contribution in [0.5, 0.6) is 5.75 Å². The van der Waals surface area contributed by atoms with Crippen LogP contribution < -0.4 is 10.1 Å². The predicted octanol–water partition coefficient (Wildman–Crippen LogP) is 3.63. The standard InChI is InChI=1S/C16H25NOS/c1-12(19-4)7-8-17-11-13-5-6-15-14(9-13)10-16(2,3)18-15/h5-6,9,12,17H,7-8,10-11H2,1-4H3. The van der Waals surface area contributed by atoms with Gasteiger partial charge in [-0.2, -0.15) is 11.8 Å². The van der Waals surface area contributed by atoms with E-state index in [-0.39, 0.29) is 5.60 Å². The largest absolute Gasteiger partial charge is 0.487 e. The van der Waals surface area contributed by atoms with Crippen molar-refractivity contribution >= 4 is 11.8 Å². The molecule has 0 radical (unpaired) electrons. The van der Waals surface area contributed by atoms with Crippen LogP contribution in [0.25, 0.3) is 0 Å². The quantitative estimate of drug-likeness (QED) is 0.803. The van der Waals surface area contributed by atoms with Crippen molar-refractivity contribution < 1.29 is 4.74 Å². The summed E-state index contributed by atoms with van der Waals surface area (Å²) in [6.45, 7) is 8.61. The van der Waals surface area contributed by atoms with Crippen molar-refractivity contribution in [1.29, 1.82) is 0 Å². The zero-order valence-electron chi connectivity index (χ0n) is 12.5. The van der Waals surface area contributed by atoms with Gasteiger partial charge in [0.05, 0.1) is 0 Å². The van der Waals surface area contributed by atoms with E-state index in [0.717, 1.165) is 30.5 Å². The van der Waals surface area contributed by atoms with E-state index in [9.17, 15) is 0 Å². The number of rotatable bonds is 6. The highest BCUT2D eigenvalue weighted by Crippen LogP contribution is 2.35. The number of hydrogen-bond donors (Lipinski definition) is 1. The van der Waals surface area contributed by atoms with Crippen LogP contribution in [0.15, 0.2) is 18.2 Å². The van der Waals surface area contributed by atoms with E-state index in [1.165, 1.54) is 17.5 Å². The fourth-order valence-electron chi connectivity index (χ4n) is 2.43. The third-order valence-corrected chi connectivity index (χ3v) is 4.63. The summed E-state index contributed by atoms with van der Waals surface area (Å²) in [5.74, 6) is 1.06. The Bertz CT molecular complexity index is 431. The molecule has 0 saturated carbocycles. The van der Waals surface area contributed by atoms with Gasteiger partial charge in [-0.05, 0) is 50.3 Å². The highest BCUT2D eigenvalue weighted by molar-refractivity contribution is 7.99. The second-order valence-electron chi connectivity index (χ2n) is 5.99. The van der Waals surface area contributed by atoms with E-state index >= 15 is 0 Å². The molecular formula is C16H25NOS. The molecule has 1 aliphatic heterocycles. The topological polar surface area (TPSA) is 21.3 Å². The predicted molar refractivity (Wildman–Crippen MR) is 84.2 cm³/mol. The van der Waals surface area contributed by atoms with Gasteiger partial charge in [0.2, 0.25) is 0 Å². The average molecular weight is 279 g/mol. The first-order valence-corrected chi connectivity index (χ1v) is 8.33. The Morgan fingerprint density at radius 2 is 2.21 bits per heavy atom. The van der Waals surface area contributed by atoms with Gasteiger partial charge in [-0.3, -0.25) is 0 Å². The monoisotopic (exact) mass is 279 g/mol. The molecule has 2 nitrogen and oxygen atoms in total. The Labute approximate surface area is 121 Å². The first-order chi connectivity index (χ1) is 9.00. The lowest BCUT2D eigenvalue weighted by Crippen LogP contribution is -2.24. The summed E-state index contributed by atoms with van der Waals surface area (Å²) >= 11 is 1.93. The van der Waals surface area contributed by atoms with E-state index in [1.807, 2.05) is 11.8 Å². The van der Waals surface area contributed by atoms with Crippen LogP contribution in [0.1, 0.15) is 38.3 Å². The molecule has 0 amide bonds. The van der Waals surface area contributed by atoms with Crippen molar-refractivity contribution in [1.82, 2.24) is 5.32 Å². The second kappa shape index (κ2) is 6.19. The highest BCUT2D eigenvalue weighted by atomic mass is 32.2. The van der Waals surface area contributed by atoms with Crippen LogP contribution in [0, 0.1) is 0 Å². The third kappa shape index (κ3) is 4.15. The Balaban J connectivity index is 1.83. The molecule has 2 rings (SSSR count). The maximum atomic E-state index is 5.90. The molecule has 1 aliphatic rings. The summed E-state index contributed by atoms with van der Waals surface area (Å²) in [5, 5.41) is 4.26. The first-order valence-electron chi connectivity index (χ1n) is 7.04. The molecule has 0 spiro atoms. The van der Waals surface area contributed by atoms with Crippen LogP contribution >= 0.6 is 11.8 Å². The Morgan fingerprint density at radius 1 is 1.42 bits per heavy atom. The molecule has 0 bridgehead atoms. The molecule has 1 heterocycles. The lowest BCUT2D eigenvalue weighted by Gasteiger charge is -2.16. The number of thioether (sulfide) groups is 1. The molecule has 19 heavy (non-hydrogen) atoms. The summed E-state index contributed by atoms with van der Waals surface area (Å²) in [7, 11) is 0. The highest BCUT2D eigenvalue weighted by Gasteiger charge is 2.29. The molecule has 1 N–H and O–H groups in total. The lowest BCUT2D eigenvalue weighted by molar-refractivity contribution is 0.138. The van der Waals surface area contributed by atoms with Gasteiger partial charge in [-0.1, -0.05) is 19.1 Å². The number of benzene rings is 1. The van der Waals surface area contributed by atoms with Crippen LogP contribution in [-0.4, -0.2) is 23.7 Å². The van der Waals surface area contributed by atoms with E-state index in [4.69, 9.17) is 4.74 Å². The van der Waals surface area contributed by atoms with E-state index in [1.54, 1.807) is 0 Å². The normalized spacial score (nSPS) is 17.9. The van der Waals surface area contributed by atoms with Gasteiger partial charge in [0.25, 0.3) is 0 Å². The molecule has 0 aromatic heterocycles. The van der Waals surface area contributed by atoms with Crippen LogP contribution in [-0.2, 0) is 13.0 Å². The molecule has 0 saturated heterocycles. The third-order valence-electron chi connectivity index (χ3n) is 3.59. The number of nitrogens with one attached hydrogen (secondary N) is 1. The average Bonchev–Trinajstić information content (AvgIpc) is 2.67. The number of ether oxygens (including phenoxy) is 1. The van der Waals surface area contributed by atoms with Crippen LogP contribution in [0.2, 0.25) is 0 Å². The number of fused-ring (bicyclic) bond motifs is 1. The van der Waals surface area contributed by atoms with Crippen molar-refractivity contribution in [2.24, 2.45) is 0 Å². The molecule has 0 aliphatic carbocycles. The van der Waals surface area contributed by atoms with Gasteiger partial charge < -0.3 is 10.1 Å². The molecule has 106 valence electrons. The van der Waals surface area contributed by atoms with E-state index in [0.29, 0.717) is 0 Å². The minimum atomic E-state index is -0.0395. The van der Waals surface area contributed by atoms with E-state index in [2.05, 4.69) is 50.5 Å². The Morgan fingerprint density at radius 3 is 2.95 bits per heavy atom. The van der Waals surface area contributed by atoms with E-state index < -0.39 is 0 Å². The molecule has 1 aromatic carbocycles. The van der Waals surface area contributed by atoms with Crippen molar-refractivity contribution in [3.05, 3.63) is 29.3 Å². The number of hydrogen-bond acceptors (Lipinski definition) is 3. The minimum absolute atomic E-state index is 0.0395. The summed E-state index contributed by atoms with van der Waals surface area (Å²) in [6.07, 6.45) is 4.41. The zero-order chi connectivity index (χ0) is 13.9. The van der Waals surface area contributed by atoms with Crippen molar-refractivity contribution in [2.75, 3.05) is 12.8 Å². The lowest BCUT2D eigenvalue weighted by atomic mass is 10.0. The van der Waals surface area contributed by atoms with Gasteiger partial charge in [0.15, 0.2) is 0 Å². The van der Waals surface area contributed by atoms with Gasteiger partial charge in [0, 0.05) is 18.2 Å². The molecule has 3 heteroatoms. The maximum Gasteiger partial charge on any atom is 0.123 e. The fourth-order valence-corrected chi connectivity index (χ4v) is 2.78. The van der Waals surface area contributed by atoms with Gasteiger partial charge in [0.1, 0.15) is 11.4 Å².